The molecule has 0 atom stereocenters. The third-order valence-corrected chi connectivity index (χ3v) is 5.85. The van der Waals surface area contributed by atoms with Crippen LogP contribution in [0, 0.1) is 22.0 Å². The zero-order valence-electron chi connectivity index (χ0n) is 16.6. The van der Waals surface area contributed by atoms with E-state index in [0.29, 0.717) is 0 Å². The Morgan fingerprint density at radius 3 is 2.25 bits per heavy atom. The van der Waals surface area contributed by atoms with E-state index in [1.54, 1.807) is 0 Å². The summed E-state index contributed by atoms with van der Waals surface area (Å²) in [6.07, 6.45) is -0.621. The van der Waals surface area contributed by atoms with Crippen LogP contribution < -0.4 is 5.32 Å². The molecule has 1 aliphatic carbocycles. The molecule has 0 radical (unpaired) electrons. The van der Waals surface area contributed by atoms with E-state index in [2.05, 4.69) is 29.3 Å². The summed E-state index contributed by atoms with van der Waals surface area (Å²) in [7, 11) is 0. The summed E-state index contributed by atoms with van der Waals surface area (Å²) < 4.78 is 5.42. The maximum absolute atomic E-state index is 12.2. The van der Waals surface area contributed by atoms with Gasteiger partial charge in [0.1, 0.15) is 12.2 Å². The van der Waals surface area contributed by atoms with Gasteiger partial charge in [-0.15, -0.1) is 0 Å². The molecule has 8 heteroatoms. The largest absolute Gasteiger partial charge is 0.449 e. The quantitative estimate of drug-likeness (QED) is 0.299. The zero-order chi connectivity index (χ0) is 22.7. The number of alkyl carbamates (subject to hydrolysis) is 1. The van der Waals surface area contributed by atoms with Crippen molar-refractivity contribution in [1.82, 2.24) is 5.32 Å². The minimum atomic E-state index is -0.621. The second-order valence-corrected chi connectivity index (χ2v) is 7.84. The number of fused-ring (bicyclic) bond motifs is 3. The molecule has 1 aliphatic rings. The van der Waals surface area contributed by atoms with Gasteiger partial charge in [0.2, 0.25) is 0 Å². The third kappa shape index (κ3) is 4.40. The number of hydrogen-bond donors (Lipinski definition) is 1. The topological polar surface area (TPSA) is 81.5 Å². The van der Waals surface area contributed by atoms with Crippen molar-refractivity contribution in [1.29, 1.82) is 0 Å². The van der Waals surface area contributed by atoms with Gasteiger partial charge in [-0.3, -0.25) is 10.1 Å². The molecule has 0 aliphatic heterocycles. The molecule has 0 spiro atoms. The Balaban J connectivity index is 1.38. The van der Waals surface area contributed by atoms with Gasteiger partial charge in [0, 0.05) is 12.0 Å². The van der Waals surface area contributed by atoms with E-state index >= 15 is 0 Å². The number of amides is 1. The number of nitrogens with zero attached hydrogens (tertiary/aromatic N) is 1. The van der Waals surface area contributed by atoms with Gasteiger partial charge in [-0.1, -0.05) is 83.6 Å². The summed E-state index contributed by atoms with van der Waals surface area (Å²) in [5.41, 5.74) is 4.38. The molecular formula is C24H16Cl2N2O4. The van der Waals surface area contributed by atoms with Crippen molar-refractivity contribution in [3.8, 4) is 23.0 Å². The maximum atomic E-state index is 12.2. The minimum absolute atomic E-state index is 0.0434. The maximum Gasteiger partial charge on any atom is 0.407 e. The summed E-state index contributed by atoms with van der Waals surface area (Å²) in [4.78, 5) is 22.7. The van der Waals surface area contributed by atoms with Crippen molar-refractivity contribution < 1.29 is 14.5 Å². The minimum Gasteiger partial charge on any atom is -0.449 e. The van der Waals surface area contributed by atoms with Crippen LogP contribution in [0.1, 0.15) is 22.6 Å². The van der Waals surface area contributed by atoms with Gasteiger partial charge in [0.05, 0.1) is 21.5 Å². The zero-order valence-corrected chi connectivity index (χ0v) is 18.1. The van der Waals surface area contributed by atoms with Gasteiger partial charge < -0.3 is 10.1 Å². The number of nitro groups is 1. The van der Waals surface area contributed by atoms with Crippen molar-refractivity contribution in [2.45, 2.75) is 5.92 Å². The van der Waals surface area contributed by atoms with Crippen LogP contribution in [0.5, 0.6) is 0 Å². The van der Waals surface area contributed by atoms with E-state index in [-0.39, 0.29) is 40.4 Å². The van der Waals surface area contributed by atoms with Crippen molar-refractivity contribution in [2.75, 3.05) is 13.2 Å². The molecule has 1 N–H and O–H groups in total. The van der Waals surface area contributed by atoms with Gasteiger partial charge in [0.15, 0.2) is 0 Å². The summed E-state index contributed by atoms with van der Waals surface area (Å²) in [5.74, 6) is 5.26. The second-order valence-electron chi connectivity index (χ2n) is 7.02. The van der Waals surface area contributed by atoms with Crippen molar-refractivity contribution in [3.63, 3.8) is 0 Å². The van der Waals surface area contributed by atoms with E-state index in [4.69, 9.17) is 27.9 Å². The second kappa shape index (κ2) is 9.31. The summed E-state index contributed by atoms with van der Waals surface area (Å²) >= 11 is 11.7. The molecule has 0 aromatic heterocycles. The van der Waals surface area contributed by atoms with E-state index in [9.17, 15) is 14.9 Å². The van der Waals surface area contributed by atoms with Crippen LogP contribution in [-0.2, 0) is 4.74 Å². The molecule has 0 fully saturated rings. The van der Waals surface area contributed by atoms with Crippen LogP contribution in [0.4, 0.5) is 10.5 Å². The fourth-order valence-electron chi connectivity index (χ4n) is 3.69. The summed E-state index contributed by atoms with van der Waals surface area (Å²) in [6, 6.07) is 18.6. The molecule has 0 heterocycles. The normalized spacial score (nSPS) is 11.7. The van der Waals surface area contributed by atoms with Crippen LogP contribution in [0.15, 0.2) is 60.7 Å². The molecule has 160 valence electrons. The monoisotopic (exact) mass is 466 g/mol. The predicted molar refractivity (Wildman–Crippen MR) is 123 cm³/mol. The SMILES string of the molecule is O=C(NCC#Cc1cc(Cl)c(Cl)cc1[N+](=O)[O-])OCC1c2ccccc2-c2ccccc21. The first kappa shape index (κ1) is 21.7. The van der Waals surface area contributed by atoms with Crippen molar-refractivity contribution in [2.24, 2.45) is 0 Å². The van der Waals surface area contributed by atoms with E-state index in [0.717, 1.165) is 28.3 Å². The Bertz CT molecular complexity index is 1230. The van der Waals surface area contributed by atoms with E-state index < -0.39 is 11.0 Å². The molecule has 0 saturated carbocycles. The fraction of sp³-hybridized carbons (Fsp3) is 0.125. The highest BCUT2D eigenvalue weighted by molar-refractivity contribution is 6.42. The lowest BCUT2D eigenvalue weighted by molar-refractivity contribution is -0.385. The molecule has 4 rings (SSSR count). The summed E-state index contributed by atoms with van der Waals surface area (Å²) in [5, 5.41) is 13.9. The molecule has 32 heavy (non-hydrogen) atoms. The van der Waals surface area contributed by atoms with E-state index in [1.807, 2.05) is 36.4 Å². The van der Waals surface area contributed by atoms with Crippen LogP contribution in [0.2, 0.25) is 10.0 Å². The third-order valence-electron chi connectivity index (χ3n) is 5.12. The number of ether oxygens (including phenoxy) is 1. The molecule has 3 aromatic carbocycles. The van der Waals surface area contributed by atoms with E-state index in [1.165, 1.54) is 6.07 Å². The lowest BCUT2D eigenvalue weighted by Gasteiger charge is -2.14. The number of carbonyl (C=O) groups excluding carboxylic acids is 1. The van der Waals surface area contributed by atoms with Crippen molar-refractivity contribution >= 4 is 35.0 Å². The molecule has 0 bridgehead atoms. The molecule has 1 amide bonds. The number of benzene rings is 3. The fourth-order valence-corrected chi connectivity index (χ4v) is 4.01. The van der Waals surface area contributed by atoms with Gasteiger partial charge in [-0.2, -0.15) is 0 Å². The van der Waals surface area contributed by atoms with Crippen LogP contribution in [-0.4, -0.2) is 24.2 Å². The highest BCUT2D eigenvalue weighted by atomic mass is 35.5. The highest BCUT2D eigenvalue weighted by Gasteiger charge is 2.28. The Morgan fingerprint density at radius 1 is 1.03 bits per heavy atom. The smallest absolute Gasteiger partial charge is 0.407 e. The Kier molecular flexibility index (Phi) is 6.31. The first-order valence-electron chi connectivity index (χ1n) is 9.67. The predicted octanol–water partition coefficient (Wildman–Crippen LogP) is 5.79. The Morgan fingerprint density at radius 2 is 1.62 bits per heavy atom. The number of carbonyl (C=O) groups is 1. The number of nitrogens with one attached hydrogen (secondary N) is 1. The average molecular weight is 467 g/mol. The first-order chi connectivity index (χ1) is 15.5. The standard InChI is InChI=1S/C24H16Cl2N2O4/c25-21-12-15(23(28(30)31)13-22(21)26)6-5-11-27-24(29)32-14-20-18-9-3-1-7-16(18)17-8-2-4-10-19(17)20/h1-4,7-10,12-13,20H,11,14H2,(H,27,29). The van der Waals surface area contributed by atoms with Gasteiger partial charge >= 0.3 is 6.09 Å². The Labute approximate surface area is 194 Å². The van der Waals surface area contributed by atoms with Crippen LogP contribution in [0.3, 0.4) is 0 Å². The molecular weight excluding hydrogens is 451 g/mol. The molecule has 0 saturated heterocycles. The number of rotatable bonds is 4. The Hall–Kier alpha value is -3.53. The van der Waals surface area contributed by atoms with Gasteiger partial charge in [-0.25, -0.2) is 4.79 Å². The van der Waals surface area contributed by atoms with Crippen LogP contribution in [0.25, 0.3) is 11.1 Å². The number of halogens is 2. The molecule has 6 nitrogen and oxygen atoms in total. The van der Waals surface area contributed by atoms with Crippen molar-refractivity contribution in [3.05, 3.63) is 97.5 Å². The first-order valence-corrected chi connectivity index (χ1v) is 10.4. The molecule has 3 aromatic rings. The van der Waals surface area contributed by atoms with Gasteiger partial charge in [0.25, 0.3) is 5.69 Å². The summed E-state index contributed by atoms with van der Waals surface area (Å²) in [6.45, 7) is 0.139. The van der Waals surface area contributed by atoms with Gasteiger partial charge in [-0.05, 0) is 28.3 Å². The average Bonchev–Trinajstić information content (AvgIpc) is 3.11. The number of hydrogen-bond acceptors (Lipinski definition) is 4. The van der Waals surface area contributed by atoms with Crippen LogP contribution >= 0.6 is 23.2 Å². The molecule has 0 unspecified atom stereocenters. The number of nitro benzene ring substituents is 1. The highest BCUT2D eigenvalue weighted by Crippen LogP contribution is 2.44. The lowest BCUT2D eigenvalue weighted by atomic mass is 9.98. The lowest BCUT2D eigenvalue weighted by Crippen LogP contribution is -2.26.